The first-order valence-electron chi connectivity index (χ1n) is 9.36. The Morgan fingerprint density at radius 2 is 1.72 bits per heavy atom. The highest BCUT2D eigenvalue weighted by molar-refractivity contribution is 7.98. The van der Waals surface area contributed by atoms with Crippen LogP contribution in [0.1, 0.15) is 25.0 Å². The van der Waals surface area contributed by atoms with Crippen molar-refractivity contribution in [3.8, 4) is 0 Å². The van der Waals surface area contributed by atoms with Crippen LogP contribution in [0.25, 0.3) is 10.9 Å². The van der Waals surface area contributed by atoms with Gasteiger partial charge in [0.25, 0.3) is 0 Å². The summed E-state index contributed by atoms with van der Waals surface area (Å²) >= 11 is 1.93. The van der Waals surface area contributed by atoms with Crippen molar-refractivity contribution in [2.45, 2.75) is 36.5 Å². The Labute approximate surface area is 154 Å². The van der Waals surface area contributed by atoms with Crippen molar-refractivity contribution in [1.82, 2.24) is 9.88 Å². The quantitative estimate of drug-likeness (QED) is 0.606. The molecule has 1 aliphatic heterocycles. The van der Waals surface area contributed by atoms with Gasteiger partial charge in [-0.3, -0.25) is 0 Å². The van der Waals surface area contributed by atoms with E-state index in [2.05, 4.69) is 70.5 Å². The second-order valence-corrected chi connectivity index (χ2v) is 7.98. The fourth-order valence-electron chi connectivity index (χ4n) is 3.81. The number of nitrogens with zero attached hydrogens (tertiary/aromatic N) is 1. The summed E-state index contributed by atoms with van der Waals surface area (Å²) in [7, 11) is 0. The molecule has 0 spiro atoms. The first kappa shape index (κ1) is 16.7. The van der Waals surface area contributed by atoms with Crippen LogP contribution in [0.3, 0.4) is 0 Å². The van der Waals surface area contributed by atoms with Gasteiger partial charge in [0.15, 0.2) is 0 Å². The second-order valence-electron chi connectivity index (χ2n) is 6.93. The third-order valence-corrected chi connectivity index (χ3v) is 6.29. The van der Waals surface area contributed by atoms with Crippen molar-refractivity contribution in [3.63, 3.8) is 0 Å². The van der Waals surface area contributed by atoms with Crippen molar-refractivity contribution in [2.24, 2.45) is 5.92 Å². The fraction of sp³-hybridized carbons (Fsp3) is 0.364. The number of para-hydroxylation sites is 1. The Hall–Kier alpha value is -1.71. The maximum atomic E-state index is 3.48. The van der Waals surface area contributed by atoms with Gasteiger partial charge in [-0.05, 0) is 67.9 Å². The van der Waals surface area contributed by atoms with Gasteiger partial charge >= 0.3 is 0 Å². The van der Waals surface area contributed by atoms with Crippen LogP contribution in [0.4, 0.5) is 0 Å². The highest BCUT2D eigenvalue weighted by Gasteiger charge is 2.15. The monoisotopic (exact) mass is 350 g/mol. The molecule has 1 saturated heterocycles. The molecule has 1 aromatic heterocycles. The predicted octanol–water partition coefficient (Wildman–Crippen LogP) is 5.32. The summed E-state index contributed by atoms with van der Waals surface area (Å²) in [5.41, 5.74) is 2.84. The number of nitrogens with one attached hydrogen (secondary N) is 1. The molecule has 0 aliphatic carbocycles. The highest BCUT2D eigenvalue weighted by Crippen LogP contribution is 2.28. The van der Waals surface area contributed by atoms with Crippen molar-refractivity contribution in [2.75, 3.05) is 13.1 Å². The van der Waals surface area contributed by atoms with Crippen LogP contribution in [0.5, 0.6) is 0 Å². The number of benzene rings is 2. The van der Waals surface area contributed by atoms with Crippen LogP contribution in [0.15, 0.2) is 65.6 Å². The molecule has 0 bridgehead atoms. The standard InChI is InChI=1S/C22H26N2S/c1-2-7-21(8-3-1)25-17-20-16-19-6-4-5-9-22(19)24(20)15-12-18-10-13-23-14-11-18/h1-9,16,18,23H,10-15,17H2. The summed E-state index contributed by atoms with van der Waals surface area (Å²) in [6, 6.07) is 21.9. The lowest BCUT2D eigenvalue weighted by molar-refractivity contribution is 0.338. The molecular formula is C22H26N2S. The van der Waals surface area contributed by atoms with Gasteiger partial charge in [0.1, 0.15) is 0 Å². The van der Waals surface area contributed by atoms with E-state index in [4.69, 9.17) is 0 Å². The van der Waals surface area contributed by atoms with Crippen LogP contribution in [0.2, 0.25) is 0 Å². The summed E-state index contributed by atoms with van der Waals surface area (Å²) < 4.78 is 2.56. The van der Waals surface area contributed by atoms with E-state index in [0.29, 0.717) is 0 Å². The number of hydrogen-bond donors (Lipinski definition) is 1. The molecule has 1 aliphatic rings. The molecule has 2 nitrogen and oxygen atoms in total. The molecule has 2 heterocycles. The number of fused-ring (bicyclic) bond motifs is 1. The van der Waals surface area contributed by atoms with E-state index in [-0.39, 0.29) is 0 Å². The van der Waals surface area contributed by atoms with Crippen molar-refractivity contribution in [1.29, 1.82) is 0 Å². The molecule has 3 heteroatoms. The summed E-state index contributed by atoms with van der Waals surface area (Å²) in [4.78, 5) is 1.35. The molecule has 130 valence electrons. The lowest BCUT2D eigenvalue weighted by atomic mass is 9.95. The molecule has 0 atom stereocenters. The normalized spacial score (nSPS) is 15.7. The number of hydrogen-bond acceptors (Lipinski definition) is 2. The molecule has 2 aromatic carbocycles. The lowest BCUT2D eigenvalue weighted by Gasteiger charge is -2.23. The molecular weight excluding hydrogens is 324 g/mol. The summed E-state index contributed by atoms with van der Waals surface area (Å²) in [6.07, 6.45) is 3.95. The van der Waals surface area contributed by atoms with Crippen molar-refractivity contribution in [3.05, 3.63) is 66.4 Å². The van der Waals surface area contributed by atoms with E-state index in [1.165, 1.54) is 53.8 Å². The van der Waals surface area contributed by atoms with Crippen molar-refractivity contribution < 1.29 is 0 Å². The maximum Gasteiger partial charge on any atom is 0.0482 e. The Balaban J connectivity index is 1.52. The van der Waals surface area contributed by atoms with Crippen LogP contribution in [0, 0.1) is 5.92 Å². The van der Waals surface area contributed by atoms with E-state index in [1.807, 2.05) is 11.8 Å². The molecule has 0 saturated carbocycles. The van der Waals surface area contributed by atoms with Crippen LogP contribution in [-0.4, -0.2) is 17.7 Å². The minimum Gasteiger partial charge on any atom is -0.344 e. The third-order valence-electron chi connectivity index (χ3n) is 5.25. The third kappa shape index (κ3) is 4.10. The predicted molar refractivity (Wildman–Crippen MR) is 108 cm³/mol. The summed E-state index contributed by atoms with van der Waals surface area (Å²) in [5.74, 6) is 1.90. The molecule has 1 N–H and O–H groups in total. The number of thioether (sulfide) groups is 1. The van der Waals surface area contributed by atoms with E-state index >= 15 is 0 Å². The zero-order valence-corrected chi connectivity index (χ0v) is 15.5. The van der Waals surface area contributed by atoms with Crippen LogP contribution < -0.4 is 5.32 Å². The molecule has 3 aromatic rings. The van der Waals surface area contributed by atoms with Gasteiger partial charge in [-0.2, -0.15) is 0 Å². The zero-order valence-electron chi connectivity index (χ0n) is 14.7. The van der Waals surface area contributed by atoms with Gasteiger partial charge in [0.05, 0.1) is 0 Å². The van der Waals surface area contributed by atoms with E-state index in [9.17, 15) is 0 Å². The van der Waals surface area contributed by atoms with Gasteiger partial charge in [-0.15, -0.1) is 11.8 Å². The zero-order chi connectivity index (χ0) is 16.9. The van der Waals surface area contributed by atoms with Gasteiger partial charge in [0, 0.05) is 28.4 Å². The Bertz CT molecular complexity index is 803. The Morgan fingerprint density at radius 3 is 2.56 bits per heavy atom. The SMILES string of the molecule is c1ccc(SCc2cc3ccccc3n2CCC2CCNCC2)cc1. The van der Waals surface area contributed by atoms with Gasteiger partial charge in [-0.1, -0.05) is 36.4 Å². The first-order valence-corrected chi connectivity index (χ1v) is 10.3. The van der Waals surface area contributed by atoms with Gasteiger partial charge < -0.3 is 9.88 Å². The summed E-state index contributed by atoms with van der Waals surface area (Å²) in [6.45, 7) is 3.52. The average molecular weight is 351 g/mol. The largest absolute Gasteiger partial charge is 0.344 e. The average Bonchev–Trinajstić information content (AvgIpc) is 3.04. The first-order chi connectivity index (χ1) is 12.4. The molecule has 4 rings (SSSR count). The topological polar surface area (TPSA) is 17.0 Å². The number of aromatic nitrogens is 1. The van der Waals surface area contributed by atoms with E-state index in [0.717, 1.165) is 18.2 Å². The molecule has 0 amide bonds. The maximum absolute atomic E-state index is 3.48. The smallest absolute Gasteiger partial charge is 0.0482 e. The molecule has 25 heavy (non-hydrogen) atoms. The molecule has 0 unspecified atom stereocenters. The fourth-order valence-corrected chi connectivity index (χ4v) is 4.71. The molecule has 1 fully saturated rings. The molecule has 0 radical (unpaired) electrons. The van der Waals surface area contributed by atoms with Crippen LogP contribution >= 0.6 is 11.8 Å². The number of aryl methyl sites for hydroxylation is 1. The van der Waals surface area contributed by atoms with E-state index < -0.39 is 0 Å². The Morgan fingerprint density at radius 1 is 0.960 bits per heavy atom. The van der Waals surface area contributed by atoms with Gasteiger partial charge in [-0.25, -0.2) is 0 Å². The van der Waals surface area contributed by atoms with Crippen molar-refractivity contribution >= 4 is 22.7 Å². The second kappa shape index (κ2) is 8.11. The summed E-state index contributed by atoms with van der Waals surface area (Å²) in [5, 5.41) is 4.85. The minimum atomic E-state index is 0.872. The number of piperidine rings is 1. The van der Waals surface area contributed by atoms with E-state index in [1.54, 1.807) is 0 Å². The number of rotatable bonds is 6. The Kier molecular flexibility index (Phi) is 5.43. The van der Waals surface area contributed by atoms with Gasteiger partial charge in [0.2, 0.25) is 0 Å². The highest BCUT2D eigenvalue weighted by atomic mass is 32.2. The minimum absolute atomic E-state index is 0.872. The lowest BCUT2D eigenvalue weighted by Crippen LogP contribution is -2.28. The van der Waals surface area contributed by atoms with Crippen LogP contribution in [-0.2, 0) is 12.3 Å².